The molecule has 1 saturated heterocycles. The lowest BCUT2D eigenvalue weighted by atomic mass is 10.1. The molecule has 5 heteroatoms. The molecule has 1 heterocycles. The fourth-order valence-electron chi connectivity index (χ4n) is 2.19. The van der Waals surface area contributed by atoms with Gasteiger partial charge in [-0.05, 0) is 43.5 Å². The van der Waals surface area contributed by atoms with Crippen molar-refractivity contribution in [3.8, 4) is 11.5 Å². The first kappa shape index (κ1) is 16.4. The van der Waals surface area contributed by atoms with Gasteiger partial charge in [-0.1, -0.05) is 6.07 Å². The third-order valence-corrected chi connectivity index (χ3v) is 3.28. The van der Waals surface area contributed by atoms with Gasteiger partial charge in [-0.2, -0.15) is 0 Å². The first-order valence-corrected chi connectivity index (χ1v) is 7.54. The third-order valence-electron chi connectivity index (χ3n) is 3.28. The second-order valence-electron chi connectivity index (χ2n) is 4.91. The number of carbonyl (C=O) groups excluding carboxylic acids is 1. The van der Waals surface area contributed by atoms with E-state index < -0.39 is 0 Å². The first-order chi connectivity index (χ1) is 10.7. The number of benzene rings is 1. The van der Waals surface area contributed by atoms with Crippen LogP contribution in [-0.4, -0.2) is 32.6 Å². The normalized spacial score (nSPS) is 18.2. The van der Waals surface area contributed by atoms with Gasteiger partial charge in [0.2, 0.25) is 0 Å². The van der Waals surface area contributed by atoms with Crippen molar-refractivity contribution in [2.45, 2.75) is 32.5 Å². The van der Waals surface area contributed by atoms with Gasteiger partial charge >= 0.3 is 5.97 Å². The van der Waals surface area contributed by atoms with Gasteiger partial charge in [0.1, 0.15) is 0 Å². The molecular formula is C17H22O5. The van der Waals surface area contributed by atoms with E-state index in [1.807, 2.05) is 18.2 Å². The molecule has 22 heavy (non-hydrogen) atoms. The minimum Gasteiger partial charge on any atom is -0.493 e. The summed E-state index contributed by atoms with van der Waals surface area (Å²) < 4.78 is 21.6. The molecule has 0 radical (unpaired) electrons. The van der Waals surface area contributed by atoms with Gasteiger partial charge < -0.3 is 18.9 Å². The van der Waals surface area contributed by atoms with E-state index in [4.69, 9.17) is 18.9 Å². The molecule has 0 saturated carbocycles. The van der Waals surface area contributed by atoms with Crippen LogP contribution in [-0.2, 0) is 14.3 Å². The molecule has 0 aromatic heterocycles. The van der Waals surface area contributed by atoms with Crippen molar-refractivity contribution in [2.75, 3.05) is 20.3 Å². The van der Waals surface area contributed by atoms with E-state index in [9.17, 15) is 4.79 Å². The van der Waals surface area contributed by atoms with Crippen LogP contribution in [0.4, 0.5) is 0 Å². The van der Waals surface area contributed by atoms with Crippen LogP contribution >= 0.6 is 0 Å². The SMILES string of the molecule is CCOC(=O)/C=C/c1ccc(OC2CCCCO2)c(OC)c1. The Kier molecular flexibility index (Phi) is 6.27. The number of hydrogen-bond acceptors (Lipinski definition) is 5. The zero-order valence-corrected chi connectivity index (χ0v) is 13.0. The summed E-state index contributed by atoms with van der Waals surface area (Å²) in [5.74, 6) is 0.889. The van der Waals surface area contributed by atoms with Gasteiger partial charge in [0, 0.05) is 12.5 Å². The number of hydrogen-bond donors (Lipinski definition) is 0. The topological polar surface area (TPSA) is 54.0 Å². The molecule has 1 aromatic rings. The minimum atomic E-state index is -0.364. The summed E-state index contributed by atoms with van der Waals surface area (Å²) >= 11 is 0. The van der Waals surface area contributed by atoms with Crippen molar-refractivity contribution in [1.29, 1.82) is 0 Å². The highest BCUT2D eigenvalue weighted by atomic mass is 16.7. The van der Waals surface area contributed by atoms with E-state index in [0.717, 1.165) is 31.4 Å². The highest BCUT2D eigenvalue weighted by Gasteiger charge is 2.17. The van der Waals surface area contributed by atoms with Crippen LogP contribution in [0, 0.1) is 0 Å². The molecule has 0 amide bonds. The molecule has 1 atom stereocenters. The molecule has 0 spiro atoms. The quantitative estimate of drug-likeness (QED) is 0.597. The van der Waals surface area contributed by atoms with Crippen LogP contribution in [0.2, 0.25) is 0 Å². The number of methoxy groups -OCH3 is 1. The lowest BCUT2D eigenvalue weighted by Crippen LogP contribution is -2.25. The Labute approximate surface area is 130 Å². The lowest BCUT2D eigenvalue weighted by molar-refractivity contribution is -0.137. The van der Waals surface area contributed by atoms with Crippen molar-refractivity contribution in [3.63, 3.8) is 0 Å². The standard InChI is InChI=1S/C17H22O5/c1-3-20-16(18)10-8-13-7-9-14(15(12-13)19-2)22-17-6-4-5-11-21-17/h7-10,12,17H,3-6,11H2,1-2H3/b10-8+. The molecule has 1 aliphatic rings. The Morgan fingerprint density at radius 2 is 2.23 bits per heavy atom. The van der Waals surface area contributed by atoms with E-state index >= 15 is 0 Å². The second kappa shape index (κ2) is 8.44. The molecule has 1 aromatic carbocycles. The van der Waals surface area contributed by atoms with E-state index in [2.05, 4.69) is 0 Å². The summed E-state index contributed by atoms with van der Waals surface area (Å²) in [5.41, 5.74) is 0.835. The molecule has 1 unspecified atom stereocenters. The zero-order chi connectivity index (χ0) is 15.8. The average molecular weight is 306 g/mol. The van der Waals surface area contributed by atoms with Gasteiger partial charge in [0.15, 0.2) is 17.8 Å². The van der Waals surface area contributed by atoms with Crippen LogP contribution in [0.5, 0.6) is 11.5 Å². The molecule has 120 valence electrons. The maximum absolute atomic E-state index is 11.3. The van der Waals surface area contributed by atoms with E-state index in [-0.39, 0.29) is 12.3 Å². The Morgan fingerprint density at radius 3 is 2.91 bits per heavy atom. The highest BCUT2D eigenvalue weighted by molar-refractivity contribution is 5.87. The fourth-order valence-corrected chi connectivity index (χ4v) is 2.19. The number of ether oxygens (including phenoxy) is 4. The summed E-state index contributed by atoms with van der Waals surface area (Å²) in [6, 6.07) is 5.49. The zero-order valence-electron chi connectivity index (χ0n) is 13.0. The van der Waals surface area contributed by atoms with Gasteiger partial charge in [-0.3, -0.25) is 0 Å². The molecule has 1 fully saturated rings. The second-order valence-corrected chi connectivity index (χ2v) is 4.91. The maximum atomic E-state index is 11.3. The van der Waals surface area contributed by atoms with Gasteiger partial charge in [0.05, 0.1) is 20.3 Å². The van der Waals surface area contributed by atoms with Crippen LogP contribution in [0.3, 0.4) is 0 Å². The first-order valence-electron chi connectivity index (χ1n) is 7.54. The van der Waals surface area contributed by atoms with Gasteiger partial charge in [0.25, 0.3) is 0 Å². The molecule has 0 aliphatic carbocycles. The monoisotopic (exact) mass is 306 g/mol. The molecule has 0 bridgehead atoms. The molecular weight excluding hydrogens is 284 g/mol. The summed E-state index contributed by atoms with van der Waals surface area (Å²) in [7, 11) is 1.59. The fraction of sp³-hybridized carbons (Fsp3) is 0.471. The smallest absolute Gasteiger partial charge is 0.330 e. The van der Waals surface area contributed by atoms with Crippen molar-refractivity contribution in [2.24, 2.45) is 0 Å². The van der Waals surface area contributed by atoms with Gasteiger partial charge in [-0.25, -0.2) is 4.79 Å². The number of esters is 1. The van der Waals surface area contributed by atoms with Crippen LogP contribution in [0.25, 0.3) is 6.08 Å². The highest BCUT2D eigenvalue weighted by Crippen LogP contribution is 2.31. The van der Waals surface area contributed by atoms with Crippen LogP contribution < -0.4 is 9.47 Å². The largest absolute Gasteiger partial charge is 0.493 e. The minimum absolute atomic E-state index is 0.219. The third kappa shape index (κ3) is 4.77. The predicted octanol–water partition coefficient (Wildman–Crippen LogP) is 3.18. The van der Waals surface area contributed by atoms with E-state index in [0.29, 0.717) is 18.1 Å². The molecule has 2 rings (SSSR count). The molecule has 0 N–H and O–H groups in total. The van der Waals surface area contributed by atoms with Crippen molar-refractivity contribution >= 4 is 12.0 Å². The predicted molar refractivity (Wildman–Crippen MR) is 82.9 cm³/mol. The lowest BCUT2D eigenvalue weighted by Gasteiger charge is -2.24. The van der Waals surface area contributed by atoms with Crippen LogP contribution in [0.15, 0.2) is 24.3 Å². The summed E-state index contributed by atoms with van der Waals surface area (Å²) in [6.45, 7) is 2.86. The van der Waals surface area contributed by atoms with Crippen molar-refractivity contribution in [3.05, 3.63) is 29.8 Å². The maximum Gasteiger partial charge on any atom is 0.330 e. The Bertz CT molecular complexity index is 518. The van der Waals surface area contributed by atoms with Crippen LogP contribution in [0.1, 0.15) is 31.7 Å². The Balaban J connectivity index is 2.04. The van der Waals surface area contributed by atoms with Gasteiger partial charge in [-0.15, -0.1) is 0 Å². The number of carbonyl (C=O) groups is 1. The van der Waals surface area contributed by atoms with Crippen molar-refractivity contribution < 1.29 is 23.7 Å². The molecule has 5 nitrogen and oxygen atoms in total. The van der Waals surface area contributed by atoms with E-state index in [1.165, 1.54) is 6.08 Å². The summed E-state index contributed by atoms with van der Waals surface area (Å²) in [5, 5.41) is 0. The summed E-state index contributed by atoms with van der Waals surface area (Å²) in [6.07, 6.45) is 5.92. The van der Waals surface area contributed by atoms with Crippen molar-refractivity contribution in [1.82, 2.24) is 0 Å². The number of rotatable bonds is 6. The Morgan fingerprint density at radius 1 is 1.36 bits per heavy atom. The molecule has 1 aliphatic heterocycles. The average Bonchev–Trinajstić information content (AvgIpc) is 2.55. The van der Waals surface area contributed by atoms with E-state index in [1.54, 1.807) is 20.1 Å². The Hall–Kier alpha value is -2.01. The summed E-state index contributed by atoms with van der Waals surface area (Å²) in [4.78, 5) is 11.3.